The number of halogens is 1. The second-order valence-corrected chi connectivity index (χ2v) is 4.63. The van der Waals surface area contributed by atoms with Crippen LogP contribution in [0.5, 0.6) is 5.88 Å². The zero-order chi connectivity index (χ0) is 14.1. The first-order chi connectivity index (χ1) is 9.69. The lowest BCUT2D eigenvalue weighted by molar-refractivity contribution is -0.115. The maximum atomic E-state index is 11.9. The van der Waals surface area contributed by atoms with Gasteiger partial charge in [-0.2, -0.15) is 4.98 Å². The molecule has 0 atom stereocenters. The van der Waals surface area contributed by atoms with Gasteiger partial charge in [-0.15, -0.1) is 0 Å². The quantitative estimate of drug-likeness (QED) is 0.918. The van der Waals surface area contributed by atoms with Crippen LogP contribution in [0.25, 0.3) is 0 Å². The van der Waals surface area contributed by atoms with Crippen molar-refractivity contribution in [1.29, 1.82) is 0 Å². The van der Waals surface area contributed by atoms with Gasteiger partial charge >= 0.3 is 0 Å². The predicted octanol–water partition coefficient (Wildman–Crippen LogP) is 2.23. The average molecular weight is 291 g/mol. The number of amides is 1. The van der Waals surface area contributed by atoms with E-state index in [4.69, 9.17) is 16.3 Å². The molecule has 1 N–H and O–H groups in total. The smallest absolute Gasteiger partial charge is 0.244 e. The standard InChI is InChI=1S/C13H11ClN4O2/c1-20-13-11-12(15-7-16-13)18(6-10(19)17-11)9-4-2-8(14)3-5-9/h2-5,7H,6H2,1H3,(H,17,19). The maximum absolute atomic E-state index is 11.9. The highest BCUT2D eigenvalue weighted by atomic mass is 35.5. The largest absolute Gasteiger partial charge is 0.479 e. The van der Waals surface area contributed by atoms with Crippen molar-refractivity contribution in [3.63, 3.8) is 0 Å². The van der Waals surface area contributed by atoms with Crippen molar-refractivity contribution < 1.29 is 9.53 Å². The highest BCUT2D eigenvalue weighted by molar-refractivity contribution is 6.30. The maximum Gasteiger partial charge on any atom is 0.244 e. The molecule has 0 saturated carbocycles. The van der Waals surface area contributed by atoms with Crippen LogP contribution in [0.1, 0.15) is 0 Å². The molecule has 1 aromatic carbocycles. The second-order valence-electron chi connectivity index (χ2n) is 4.19. The average Bonchev–Trinajstić information content (AvgIpc) is 2.46. The van der Waals surface area contributed by atoms with Crippen LogP contribution in [-0.2, 0) is 4.79 Å². The molecule has 0 spiro atoms. The number of methoxy groups -OCH3 is 1. The summed E-state index contributed by atoms with van der Waals surface area (Å²) in [6, 6.07) is 7.20. The fourth-order valence-corrected chi connectivity index (χ4v) is 2.19. The number of hydrogen-bond donors (Lipinski definition) is 1. The van der Waals surface area contributed by atoms with Gasteiger partial charge in [0.05, 0.1) is 7.11 Å². The summed E-state index contributed by atoms with van der Waals surface area (Å²) in [5.74, 6) is 0.779. The third-order valence-corrected chi connectivity index (χ3v) is 3.20. The third kappa shape index (κ3) is 2.14. The fraction of sp³-hybridized carbons (Fsp3) is 0.154. The number of ether oxygens (including phenoxy) is 1. The van der Waals surface area contributed by atoms with Gasteiger partial charge in [0, 0.05) is 10.7 Å². The van der Waals surface area contributed by atoms with Gasteiger partial charge in [-0.1, -0.05) is 11.6 Å². The van der Waals surface area contributed by atoms with Crippen LogP contribution in [0.15, 0.2) is 30.6 Å². The van der Waals surface area contributed by atoms with Crippen molar-refractivity contribution in [1.82, 2.24) is 9.97 Å². The van der Waals surface area contributed by atoms with Crippen molar-refractivity contribution in [2.24, 2.45) is 0 Å². The molecule has 0 radical (unpaired) electrons. The van der Waals surface area contributed by atoms with Crippen molar-refractivity contribution >= 4 is 34.7 Å². The van der Waals surface area contributed by atoms with Gasteiger partial charge in [-0.3, -0.25) is 4.79 Å². The topological polar surface area (TPSA) is 67.4 Å². The zero-order valence-electron chi connectivity index (χ0n) is 10.6. The minimum atomic E-state index is -0.152. The Kier molecular flexibility index (Phi) is 3.15. The Bertz CT molecular complexity index is 660. The Morgan fingerprint density at radius 2 is 2.05 bits per heavy atom. The minimum absolute atomic E-state index is 0.152. The van der Waals surface area contributed by atoms with Gasteiger partial charge in [-0.25, -0.2) is 4.98 Å². The molecule has 3 rings (SSSR count). The van der Waals surface area contributed by atoms with Crippen molar-refractivity contribution in [2.45, 2.75) is 0 Å². The molecular formula is C13H11ClN4O2. The van der Waals surface area contributed by atoms with Gasteiger partial charge in [0.2, 0.25) is 11.8 Å². The molecule has 0 bridgehead atoms. The summed E-state index contributed by atoms with van der Waals surface area (Å²) in [6.45, 7) is 0.175. The van der Waals surface area contributed by atoms with Crippen LogP contribution in [0.3, 0.4) is 0 Å². The van der Waals surface area contributed by atoms with Crippen LogP contribution in [0, 0.1) is 0 Å². The molecular weight excluding hydrogens is 280 g/mol. The number of hydrogen-bond acceptors (Lipinski definition) is 5. The zero-order valence-corrected chi connectivity index (χ0v) is 11.4. The van der Waals surface area contributed by atoms with E-state index in [1.165, 1.54) is 13.4 Å². The molecule has 20 heavy (non-hydrogen) atoms. The van der Waals surface area contributed by atoms with Crippen molar-refractivity contribution in [3.8, 4) is 5.88 Å². The molecule has 7 heteroatoms. The lowest BCUT2D eigenvalue weighted by atomic mass is 10.2. The van der Waals surface area contributed by atoms with Gasteiger partial charge < -0.3 is 15.0 Å². The Hall–Kier alpha value is -2.34. The van der Waals surface area contributed by atoms with E-state index in [9.17, 15) is 4.79 Å². The number of anilines is 3. The number of carbonyl (C=O) groups excluding carboxylic acids is 1. The third-order valence-electron chi connectivity index (χ3n) is 2.95. The molecule has 2 heterocycles. The first-order valence-corrected chi connectivity index (χ1v) is 6.29. The van der Waals surface area contributed by atoms with E-state index in [2.05, 4.69) is 15.3 Å². The molecule has 1 aromatic heterocycles. The molecule has 6 nitrogen and oxygen atoms in total. The highest BCUT2D eigenvalue weighted by Gasteiger charge is 2.27. The van der Waals surface area contributed by atoms with Gasteiger partial charge in [0.15, 0.2) is 5.82 Å². The van der Waals surface area contributed by atoms with Crippen molar-refractivity contribution in [2.75, 3.05) is 23.9 Å². The Balaban J connectivity index is 2.10. The SMILES string of the molecule is COc1ncnc2c1NC(=O)CN2c1ccc(Cl)cc1. The molecule has 1 aliphatic heterocycles. The summed E-state index contributed by atoms with van der Waals surface area (Å²) >= 11 is 5.88. The number of rotatable bonds is 2. The van der Waals surface area contributed by atoms with Gasteiger partial charge in [0.25, 0.3) is 0 Å². The summed E-state index contributed by atoms with van der Waals surface area (Å²) in [6.07, 6.45) is 1.40. The number of nitrogens with zero attached hydrogens (tertiary/aromatic N) is 3. The number of aromatic nitrogens is 2. The normalized spacial score (nSPS) is 13.7. The van der Waals surface area contributed by atoms with E-state index in [-0.39, 0.29) is 12.5 Å². The van der Waals surface area contributed by atoms with E-state index in [0.717, 1.165) is 5.69 Å². The number of fused-ring (bicyclic) bond motifs is 1. The molecule has 1 amide bonds. The van der Waals surface area contributed by atoms with E-state index in [1.54, 1.807) is 17.0 Å². The first kappa shape index (κ1) is 12.7. The number of benzene rings is 1. The molecule has 0 saturated heterocycles. The van der Waals surface area contributed by atoms with Crippen LogP contribution >= 0.6 is 11.6 Å². The number of carbonyl (C=O) groups is 1. The van der Waals surface area contributed by atoms with E-state index in [1.807, 2.05) is 12.1 Å². The molecule has 0 aliphatic carbocycles. The van der Waals surface area contributed by atoms with E-state index >= 15 is 0 Å². The van der Waals surface area contributed by atoms with Gasteiger partial charge in [-0.05, 0) is 24.3 Å². The lowest BCUT2D eigenvalue weighted by Gasteiger charge is -2.29. The van der Waals surface area contributed by atoms with Crippen LogP contribution in [-0.4, -0.2) is 29.5 Å². The van der Waals surface area contributed by atoms with Crippen molar-refractivity contribution in [3.05, 3.63) is 35.6 Å². The lowest BCUT2D eigenvalue weighted by Crippen LogP contribution is -2.36. The van der Waals surface area contributed by atoms with Crippen LogP contribution in [0.4, 0.5) is 17.2 Å². The molecule has 1 aliphatic rings. The summed E-state index contributed by atoms with van der Waals surface area (Å²) in [4.78, 5) is 21.9. The minimum Gasteiger partial charge on any atom is -0.479 e. The monoisotopic (exact) mass is 290 g/mol. The second kappa shape index (κ2) is 4.97. The summed E-state index contributed by atoms with van der Waals surface area (Å²) in [5, 5.41) is 3.37. The van der Waals surface area contributed by atoms with E-state index in [0.29, 0.717) is 22.4 Å². The number of nitrogens with one attached hydrogen (secondary N) is 1. The predicted molar refractivity (Wildman–Crippen MR) is 75.7 cm³/mol. The molecule has 102 valence electrons. The summed E-state index contributed by atoms with van der Waals surface area (Å²) in [7, 11) is 1.50. The molecule has 0 fully saturated rings. The molecule has 0 unspecified atom stereocenters. The van der Waals surface area contributed by atoms with Crippen LogP contribution < -0.4 is 15.0 Å². The van der Waals surface area contributed by atoms with E-state index < -0.39 is 0 Å². The summed E-state index contributed by atoms with van der Waals surface area (Å²) in [5.41, 5.74) is 1.30. The van der Waals surface area contributed by atoms with Crippen LogP contribution in [0.2, 0.25) is 5.02 Å². The summed E-state index contributed by atoms with van der Waals surface area (Å²) < 4.78 is 5.15. The Labute approximate surface area is 120 Å². The fourth-order valence-electron chi connectivity index (χ4n) is 2.06. The highest BCUT2D eigenvalue weighted by Crippen LogP contribution is 2.37. The van der Waals surface area contributed by atoms with Gasteiger partial charge in [0.1, 0.15) is 18.6 Å². The molecule has 2 aromatic rings. The Morgan fingerprint density at radius 1 is 1.30 bits per heavy atom. The first-order valence-electron chi connectivity index (χ1n) is 5.91. The Morgan fingerprint density at radius 3 is 2.75 bits per heavy atom.